The summed E-state index contributed by atoms with van der Waals surface area (Å²) in [5, 5.41) is 2.64. The van der Waals surface area contributed by atoms with Crippen molar-refractivity contribution in [3.8, 4) is 0 Å². The van der Waals surface area contributed by atoms with E-state index in [2.05, 4.69) is 5.32 Å². The molecule has 4 rings (SSSR count). The van der Waals surface area contributed by atoms with Crippen molar-refractivity contribution in [2.75, 3.05) is 38.2 Å². The maximum atomic E-state index is 13.0. The minimum absolute atomic E-state index is 0.153. The fraction of sp³-hybridized carbons (Fsp3) is 0.636. The van der Waals surface area contributed by atoms with Gasteiger partial charge in [0.05, 0.1) is 18.1 Å². The molecule has 31 heavy (non-hydrogen) atoms. The predicted molar refractivity (Wildman–Crippen MR) is 114 cm³/mol. The largest absolute Gasteiger partial charge is 0.456 e. The topological polar surface area (TPSA) is 102 Å². The quantitative estimate of drug-likeness (QED) is 0.640. The lowest BCUT2D eigenvalue weighted by atomic mass is 9.86. The Hall–Kier alpha value is -1.97. The van der Waals surface area contributed by atoms with Crippen LogP contribution in [0.3, 0.4) is 0 Å². The van der Waals surface area contributed by atoms with E-state index in [1.165, 1.54) is 29.6 Å². The highest BCUT2D eigenvalue weighted by Gasteiger charge is 2.40. The number of esters is 1. The molecule has 3 fully saturated rings. The number of nitrogens with one attached hydrogen (secondary N) is 1. The van der Waals surface area contributed by atoms with Gasteiger partial charge in [0.1, 0.15) is 0 Å². The lowest BCUT2D eigenvalue weighted by Crippen LogP contribution is -2.40. The normalized spacial score (nSPS) is 26.0. The van der Waals surface area contributed by atoms with Crippen molar-refractivity contribution in [2.45, 2.75) is 43.9 Å². The van der Waals surface area contributed by atoms with Crippen LogP contribution < -0.4 is 5.32 Å². The third-order valence-corrected chi connectivity index (χ3v) is 8.78. The molecule has 9 heteroatoms. The Bertz CT molecular complexity index is 941. The molecule has 1 aliphatic heterocycles. The van der Waals surface area contributed by atoms with Crippen LogP contribution in [0, 0.1) is 24.7 Å². The van der Waals surface area contributed by atoms with Gasteiger partial charge in [0, 0.05) is 25.2 Å². The number of benzene rings is 1. The minimum atomic E-state index is -3.68. The average molecular weight is 451 g/mol. The molecule has 2 aliphatic carbocycles. The number of hydrogen-bond acceptors (Lipinski definition) is 6. The molecule has 2 bridgehead atoms. The van der Waals surface area contributed by atoms with E-state index >= 15 is 0 Å². The van der Waals surface area contributed by atoms with Crippen LogP contribution in [0.4, 0.5) is 5.69 Å². The van der Waals surface area contributed by atoms with Gasteiger partial charge < -0.3 is 14.8 Å². The summed E-state index contributed by atoms with van der Waals surface area (Å²) >= 11 is 0. The number of amides is 1. The summed E-state index contributed by atoms with van der Waals surface area (Å²) in [6, 6.07) is 4.75. The maximum absolute atomic E-state index is 13.0. The number of aryl methyl sites for hydroxylation is 1. The summed E-state index contributed by atoms with van der Waals surface area (Å²) in [6.07, 6.45) is 5.17. The number of carbonyl (C=O) groups excluding carboxylic acids is 2. The molecular weight excluding hydrogens is 420 g/mol. The van der Waals surface area contributed by atoms with Gasteiger partial charge in [-0.3, -0.25) is 9.59 Å². The molecule has 0 aromatic heterocycles. The number of anilines is 1. The molecule has 2 saturated carbocycles. The van der Waals surface area contributed by atoms with Crippen LogP contribution in [0.2, 0.25) is 0 Å². The van der Waals surface area contributed by atoms with E-state index in [0.29, 0.717) is 55.8 Å². The second-order valence-corrected chi connectivity index (χ2v) is 10.8. The van der Waals surface area contributed by atoms with Gasteiger partial charge in [-0.05, 0) is 61.6 Å². The maximum Gasteiger partial charge on any atom is 0.306 e. The molecule has 1 amide bonds. The number of morpholine rings is 1. The van der Waals surface area contributed by atoms with E-state index < -0.39 is 15.9 Å². The Balaban J connectivity index is 1.32. The lowest BCUT2D eigenvalue weighted by Gasteiger charge is -2.26. The molecule has 8 nitrogen and oxygen atoms in total. The third-order valence-electron chi connectivity index (χ3n) is 6.74. The van der Waals surface area contributed by atoms with Crippen molar-refractivity contribution in [2.24, 2.45) is 17.8 Å². The Kier molecular flexibility index (Phi) is 6.64. The lowest BCUT2D eigenvalue weighted by molar-refractivity contribution is -0.148. The van der Waals surface area contributed by atoms with Gasteiger partial charge >= 0.3 is 5.97 Å². The van der Waals surface area contributed by atoms with Crippen molar-refractivity contribution in [3.05, 3.63) is 23.8 Å². The SMILES string of the molecule is Cc1ccc(NC(=O)COC(=O)C[C@H]2C[C@H]3CC[C@H]2C3)cc1S(=O)(=O)N1CCOCC1. The summed E-state index contributed by atoms with van der Waals surface area (Å²) in [5.74, 6) is 0.952. The zero-order chi connectivity index (χ0) is 22.0. The zero-order valence-electron chi connectivity index (χ0n) is 17.8. The number of ether oxygens (including phenoxy) is 2. The van der Waals surface area contributed by atoms with E-state index in [4.69, 9.17) is 9.47 Å². The van der Waals surface area contributed by atoms with Gasteiger partial charge in [-0.25, -0.2) is 8.42 Å². The van der Waals surface area contributed by atoms with Crippen LogP contribution in [0.15, 0.2) is 23.1 Å². The van der Waals surface area contributed by atoms with Crippen LogP contribution in [0.5, 0.6) is 0 Å². The first kappa shape index (κ1) is 22.2. The molecule has 0 radical (unpaired) electrons. The predicted octanol–water partition coefficient (Wildman–Crippen LogP) is 2.32. The van der Waals surface area contributed by atoms with Gasteiger partial charge in [-0.1, -0.05) is 12.5 Å². The number of fused-ring (bicyclic) bond motifs is 2. The second-order valence-electron chi connectivity index (χ2n) is 8.84. The molecule has 170 valence electrons. The van der Waals surface area contributed by atoms with Crippen molar-refractivity contribution in [1.82, 2.24) is 4.31 Å². The summed E-state index contributed by atoms with van der Waals surface area (Å²) in [7, 11) is -3.68. The molecule has 1 aromatic carbocycles. The monoisotopic (exact) mass is 450 g/mol. The Morgan fingerprint density at radius 2 is 1.97 bits per heavy atom. The van der Waals surface area contributed by atoms with Crippen LogP contribution in [-0.2, 0) is 29.1 Å². The molecule has 0 unspecified atom stereocenters. The number of hydrogen-bond donors (Lipinski definition) is 1. The van der Waals surface area contributed by atoms with Crippen LogP contribution in [0.25, 0.3) is 0 Å². The first-order chi connectivity index (χ1) is 14.8. The summed E-state index contributed by atoms with van der Waals surface area (Å²) < 4.78 is 37.7. The Morgan fingerprint density at radius 1 is 1.19 bits per heavy atom. The third kappa shape index (κ3) is 5.10. The van der Waals surface area contributed by atoms with E-state index in [-0.39, 0.29) is 17.5 Å². The summed E-state index contributed by atoms with van der Waals surface area (Å²) in [6.45, 7) is 2.67. The van der Waals surface area contributed by atoms with Gasteiger partial charge in [-0.2, -0.15) is 4.31 Å². The highest BCUT2D eigenvalue weighted by Crippen LogP contribution is 2.49. The van der Waals surface area contributed by atoms with Crippen LogP contribution in [-0.4, -0.2) is 57.5 Å². The second kappa shape index (κ2) is 9.26. The van der Waals surface area contributed by atoms with Crippen LogP contribution >= 0.6 is 0 Å². The molecular formula is C22H30N2O6S. The van der Waals surface area contributed by atoms with Gasteiger partial charge in [-0.15, -0.1) is 0 Å². The molecule has 0 spiro atoms. The number of sulfonamides is 1. The standard InChI is InChI=1S/C22H30N2O6S/c1-15-2-5-19(13-20(15)31(27,28)24-6-8-29-9-7-24)23-21(25)14-30-22(26)12-18-11-16-3-4-17(18)10-16/h2,5,13,16-18H,3-4,6-12,14H2,1H3,(H,23,25)/t16-,17-,18+/m0/s1. The molecule has 1 saturated heterocycles. The van der Waals surface area contributed by atoms with Gasteiger partial charge in [0.25, 0.3) is 5.91 Å². The minimum Gasteiger partial charge on any atom is -0.456 e. The first-order valence-electron chi connectivity index (χ1n) is 11.0. The summed E-state index contributed by atoms with van der Waals surface area (Å²) in [5.41, 5.74) is 0.952. The van der Waals surface area contributed by atoms with E-state index in [0.717, 1.165) is 12.3 Å². The molecule has 1 aromatic rings. The van der Waals surface area contributed by atoms with Crippen molar-refractivity contribution < 1.29 is 27.5 Å². The smallest absolute Gasteiger partial charge is 0.306 e. The first-order valence-corrected chi connectivity index (χ1v) is 12.4. The van der Waals surface area contributed by atoms with Crippen molar-refractivity contribution in [1.29, 1.82) is 0 Å². The Labute approximate surface area is 183 Å². The van der Waals surface area contributed by atoms with Crippen LogP contribution in [0.1, 0.15) is 37.7 Å². The highest BCUT2D eigenvalue weighted by atomic mass is 32.2. The Morgan fingerprint density at radius 3 is 2.65 bits per heavy atom. The molecule has 3 aliphatic rings. The van der Waals surface area contributed by atoms with E-state index in [1.807, 2.05) is 0 Å². The number of carbonyl (C=O) groups is 2. The summed E-state index contributed by atoms with van der Waals surface area (Å²) in [4.78, 5) is 24.6. The van der Waals surface area contributed by atoms with Gasteiger partial charge in [0.15, 0.2) is 6.61 Å². The molecule has 1 heterocycles. The van der Waals surface area contributed by atoms with E-state index in [1.54, 1.807) is 19.1 Å². The van der Waals surface area contributed by atoms with Crippen molar-refractivity contribution in [3.63, 3.8) is 0 Å². The average Bonchev–Trinajstić information content (AvgIpc) is 3.37. The highest BCUT2D eigenvalue weighted by molar-refractivity contribution is 7.89. The van der Waals surface area contributed by atoms with Gasteiger partial charge in [0.2, 0.25) is 10.0 Å². The zero-order valence-corrected chi connectivity index (χ0v) is 18.7. The van der Waals surface area contributed by atoms with Crippen molar-refractivity contribution >= 4 is 27.6 Å². The fourth-order valence-electron chi connectivity index (χ4n) is 5.12. The molecule has 1 N–H and O–H groups in total. The fourth-order valence-corrected chi connectivity index (χ4v) is 6.78. The number of rotatable bonds is 7. The number of nitrogens with zero attached hydrogens (tertiary/aromatic N) is 1. The molecule has 3 atom stereocenters. The van der Waals surface area contributed by atoms with E-state index in [9.17, 15) is 18.0 Å².